The molecule has 1 aromatic heterocycles. The minimum absolute atomic E-state index is 0.0837. The largest absolute Gasteiger partial charge is 0.463 e. The van der Waals surface area contributed by atoms with Crippen molar-refractivity contribution < 1.29 is 18.0 Å². The summed E-state index contributed by atoms with van der Waals surface area (Å²) in [5, 5.41) is 1.43. The van der Waals surface area contributed by atoms with Crippen LogP contribution in [0.5, 0.6) is 0 Å². The second-order valence-electron chi connectivity index (χ2n) is 6.52. The Bertz CT molecular complexity index is 956. The maximum Gasteiger partial charge on any atom is 0.253 e. The van der Waals surface area contributed by atoms with Crippen LogP contribution in [-0.2, 0) is 0 Å². The number of nitrogens with zero attached hydrogens (tertiary/aromatic N) is 1. The van der Waals surface area contributed by atoms with E-state index in [1.807, 2.05) is 30.3 Å². The number of carbonyl (C=O) groups is 1. The van der Waals surface area contributed by atoms with E-state index in [-0.39, 0.29) is 31.8 Å². The molecule has 1 fully saturated rings. The number of carbonyl (C=O) groups excluding carboxylic acids is 1. The maximum atomic E-state index is 13.2. The monoisotopic (exact) mass is 375 g/mol. The third kappa shape index (κ3) is 3.19. The van der Waals surface area contributed by atoms with Crippen molar-refractivity contribution in [2.75, 3.05) is 13.1 Å². The van der Waals surface area contributed by atoms with Gasteiger partial charge in [0.05, 0.1) is 11.3 Å². The van der Waals surface area contributed by atoms with E-state index >= 15 is 0 Å². The number of fused-ring (bicyclic) bond motifs is 1. The van der Waals surface area contributed by atoms with Crippen molar-refractivity contribution in [3.8, 4) is 11.1 Å². The lowest BCUT2D eigenvalue weighted by Crippen LogP contribution is -2.42. The van der Waals surface area contributed by atoms with Gasteiger partial charge in [0.15, 0.2) is 5.58 Å². The van der Waals surface area contributed by atoms with Gasteiger partial charge in [0.25, 0.3) is 11.8 Å². The minimum atomic E-state index is -2.66. The van der Waals surface area contributed by atoms with Crippen LogP contribution in [0.15, 0.2) is 53.1 Å². The molecule has 6 heteroatoms. The average molecular weight is 376 g/mol. The van der Waals surface area contributed by atoms with E-state index < -0.39 is 5.92 Å². The molecule has 0 bridgehead atoms. The van der Waals surface area contributed by atoms with Gasteiger partial charge < -0.3 is 9.32 Å². The smallest absolute Gasteiger partial charge is 0.253 e. The van der Waals surface area contributed by atoms with Gasteiger partial charge in [0.1, 0.15) is 0 Å². The first-order valence-electron chi connectivity index (χ1n) is 8.37. The summed E-state index contributed by atoms with van der Waals surface area (Å²) in [4.78, 5) is 14.0. The SMILES string of the molecule is O=C(c1ccc(-c2cc(Cl)c3occc3c2)cc1)N1CCC(F)(F)CC1. The molecule has 0 saturated carbocycles. The summed E-state index contributed by atoms with van der Waals surface area (Å²) >= 11 is 6.24. The number of hydrogen-bond acceptors (Lipinski definition) is 2. The van der Waals surface area contributed by atoms with Crippen molar-refractivity contribution in [3.05, 3.63) is 59.3 Å². The van der Waals surface area contributed by atoms with E-state index in [1.165, 1.54) is 4.90 Å². The fourth-order valence-electron chi connectivity index (χ4n) is 3.23. The molecule has 26 heavy (non-hydrogen) atoms. The first kappa shape index (κ1) is 17.0. The van der Waals surface area contributed by atoms with Gasteiger partial charge in [-0.1, -0.05) is 23.7 Å². The van der Waals surface area contributed by atoms with Gasteiger partial charge in [-0.25, -0.2) is 8.78 Å². The first-order chi connectivity index (χ1) is 12.4. The fourth-order valence-corrected chi connectivity index (χ4v) is 3.50. The molecule has 1 aliphatic heterocycles. The summed E-state index contributed by atoms with van der Waals surface area (Å²) in [5.41, 5.74) is 2.97. The average Bonchev–Trinajstić information content (AvgIpc) is 3.10. The number of alkyl halides is 2. The normalized spacial score (nSPS) is 16.8. The highest BCUT2D eigenvalue weighted by Crippen LogP contribution is 2.32. The molecule has 2 aromatic carbocycles. The molecule has 0 aliphatic carbocycles. The molecular formula is C20H16ClF2NO2. The van der Waals surface area contributed by atoms with Crippen LogP contribution in [0.2, 0.25) is 5.02 Å². The third-order valence-corrected chi connectivity index (χ3v) is 5.03. The van der Waals surface area contributed by atoms with E-state index in [1.54, 1.807) is 18.4 Å². The Balaban J connectivity index is 1.55. The van der Waals surface area contributed by atoms with Crippen LogP contribution in [0.3, 0.4) is 0 Å². The van der Waals surface area contributed by atoms with E-state index in [4.69, 9.17) is 16.0 Å². The fraction of sp³-hybridized carbons (Fsp3) is 0.250. The summed E-state index contributed by atoms with van der Waals surface area (Å²) in [6.45, 7) is 0.167. The summed E-state index contributed by atoms with van der Waals surface area (Å²) in [6, 6.07) is 12.7. The van der Waals surface area contributed by atoms with Gasteiger partial charge >= 0.3 is 0 Å². The molecule has 1 aliphatic rings. The molecular weight excluding hydrogens is 360 g/mol. The van der Waals surface area contributed by atoms with Gasteiger partial charge in [-0.2, -0.15) is 0 Å². The van der Waals surface area contributed by atoms with E-state index in [2.05, 4.69) is 0 Å². The molecule has 0 radical (unpaired) electrons. The Morgan fingerprint density at radius 3 is 2.42 bits per heavy atom. The lowest BCUT2D eigenvalue weighted by Gasteiger charge is -2.31. The number of amides is 1. The molecule has 0 unspecified atom stereocenters. The van der Waals surface area contributed by atoms with Crippen molar-refractivity contribution >= 4 is 28.5 Å². The number of rotatable bonds is 2. The topological polar surface area (TPSA) is 33.5 Å². The van der Waals surface area contributed by atoms with Crippen LogP contribution < -0.4 is 0 Å². The lowest BCUT2D eigenvalue weighted by atomic mass is 10.0. The van der Waals surface area contributed by atoms with Crippen LogP contribution in [0, 0.1) is 0 Å². The zero-order valence-electron chi connectivity index (χ0n) is 13.8. The summed E-state index contributed by atoms with van der Waals surface area (Å²) < 4.78 is 31.8. The minimum Gasteiger partial charge on any atom is -0.463 e. The van der Waals surface area contributed by atoms with Crippen LogP contribution in [0.4, 0.5) is 8.78 Å². The van der Waals surface area contributed by atoms with Crippen molar-refractivity contribution in [2.45, 2.75) is 18.8 Å². The number of piperidine rings is 1. The van der Waals surface area contributed by atoms with Crippen LogP contribution in [-0.4, -0.2) is 29.8 Å². The van der Waals surface area contributed by atoms with Gasteiger partial charge in [-0.3, -0.25) is 4.79 Å². The molecule has 1 saturated heterocycles. The number of likely N-dealkylation sites (tertiary alicyclic amines) is 1. The van der Waals surface area contributed by atoms with E-state index in [0.717, 1.165) is 16.5 Å². The van der Waals surface area contributed by atoms with Crippen molar-refractivity contribution in [1.29, 1.82) is 0 Å². The number of halogens is 3. The van der Waals surface area contributed by atoms with Crippen molar-refractivity contribution in [1.82, 2.24) is 4.90 Å². The van der Waals surface area contributed by atoms with Crippen molar-refractivity contribution in [3.63, 3.8) is 0 Å². The zero-order chi connectivity index (χ0) is 18.3. The Kier molecular flexibility index (Phi) is 4.19. The summed E-state index contributed by atoms with van der Waals surface area (Å²) in [5.74, 6) is -2.87. The standard InChI is InChI=1S/C20H16ClF2NO2/c21-17-12-16(11-15-5-10-26-18(15)17)13-1-3-14(4-2-13)19(25)24-8-6-20(22,23)7-9-24/h1-5,10-12H,6-9H2. The Morgan fingerprint density at radius 1 is 1.04 bits per heavy atom. The second-order valence-corrected chi connectivity index (χ2v) is 6.93. The van der Waals surface area contributed by atoms with Crippen LogP contribution in [0.1, 0.15) is 23.2 Å². The molecule has 2 heterocycles. The van der Waals surface area contributed by atoms with Gasteiger partial charge in [-0.05, 0) is 41.5 Å². The second kappa shape index (κ2) is 6.40. The van der Waals surface area contributed by atoms with Gasteiger partial charge in [-0.15, -0.1) is 0 Å². The number of hydrogen-bond donors (Lipinski definition) is 0. The Labute approximate surface area is 154 Å². The van der Waals surface area contributed by atoms with Crippen LogP contribution in [0.25, 0.3) is 22.1 Å². The van der Waals surface area contributed by atoms with Crippen LogP contribution >= 0.6 is 11.6 Å². The Hall–Kier alpha value is -2.40. The predicted octanol–water partition coefficient (Wildman–Crippen LogP) is 5.62. The lowest BCUT2D eigenvalue weighted by molar-refractivity contribution is -0.0494. The molecule has 3 aromatic rings. The summed E-state index contributed by atoms with van der Waals surface area (Å²) in [7, 11) is 0. The van der Waals surface area contributed by atoms with E-state index in [9.17, 15) is 13.6 Å². The molecule has 4 rings (SSSR count). The molecule has 0 atom stereocenters. The Morgan fingerprint density at radius 2 is 1.73 bits per heavy atom. The van der Waals surface area contributed by atoms with Gasteiger partial charge in [0, 0.05) is 36.9 Å². The highest BCUT2D eigenvalue weighted by atomic mass is 35.5. The summed E-state index contributed by atoms with van der Waals surface area (Å²) in [6.07, 6.45) is 1.03. The third-order valence-electron chi connectivity index (χ3n) is 4.75. The molecule has 3 nitrogen and oxygen atoms in total. The molecule has 134 valence electrons. The maximum absolute atomic E-state index is 13.2. The molecule has 0 spiro atoms. The predicted molar refractivity (Wildman–Crippen MR) is 96.7 cm³/mol. The van der Waals surface area contributed by atoms with Gasteiger partial charge in [0.2, 0.25) is 0 Å². The van der Waals surface area contributed by atoms with E-state index in [0.29, 0.717) is 16.2 Å². The van der Waals surface area contributed by atoms with Crippen molar-refractivity contribution in [2.24, 2.45) is 0 Å². The molecule has 1 amide bonds. The number of furan rings is 1. The molecule has 0 N–H and O–H groups in total. The zero-order valence-corrected chi connectivity index (χ0v) is 14.6. The first-order valence-corrected chi connectivity index (χ1v) is 8.75. The highest BCUT2D eigenvalue weighted by molar-refractivity contribution is 6.35. The highest BCUT2D eigenvalue weighted by Gasteiger charge is 2.35. The quantitative estimate of drug-likeness (QED) is 0.582. The number of benzene rings is 2.